The van der Waals surface area contributed by atoms with E-state index in [2.05, 4.69) is 10.3 Å². The molecule has 21 heavy (non-hydrogen) atoms. The summed E-state index contributed by atoms with van der Waals surface area (Å²) in [7, 11) is -3.64. The largest absolute Gasteiger partial charge is 0.384 e. The van der Waals surface area contributed by atoms with Crippen molar-refractivity contribution in [3.8, 4) is 11.4 Å². The fourth-order valence-corrected chi connectivity index (χ4v) is 2.64. The van der Waals surface area contributed by atoms with Crippen LogP contribution in [0.1, 0.15) is 25.1 Å². The van der Waals surface area contributed by atoms with E-state index in [0.29, 0.717) is 16.9 Å². The van der Waals surface area contributed by atoms with Crippen LogP contribution < -0.4 is 4.18 Å². The molecule has 0 fully saturated rings. The quantitative estimate of drug-likeness (QED) is 0.837. The Labute approximate surface area is 121 Å². The van der Waals surface area contributed by atoms with Crippen LogP contribution in [-0.2, 0) is 15.7 Å². The second-order valence-electron chi connectivity index (χ2n) is 5.21. The van der Waals surface area contributed by atoms with Crippen molar-refractivity contribution >= 4 is 16.2 Å². The van der Waals surface area contributed by atoms with E-state index in [-0.39, 0.29) is 5.75 Å². The first-order chi connectivity index (χ1) is 9.74. The van der Waals surface area contributed by atoms with Crippen molar-refractivity contribution in [2.45, 2.75) is 19.4 Å². The van der Waals surface area contributed by atoms with Gasteiger partial charge in [0.1, 0.15) is 17.0 Å². The molecular weight excluding hydrogens is 294 g/mol. The Hall–Kier alpha value is -2.19. The molecule has 0 spiro atoms. The molecular formula is C13H13N3O4S. The first-order valence-corrected chi connectivity index (χ1v) is 7.64. The molecule has 1 aliphatic heterocycles. The summed E-state index contributed by atoms with van der Waals surface area (Å²) >= 11 is 0. The van der Waals surface area contributed by atoms with Crippen molar-refractivity contribution in [3.05, 3.63) is 41.1 Å². The maximum atomic E-state index is 11.3. The van der Waals surface area contributed by atoms with E-state index in [1.807, 2.05) is 0 Å². The Balaban J connectivity index is 2.00. The summed E-state index contributed by atoms with van der Waals surface area (Å²) in [5.41, 5.74) is 0.672. The van der Waals surface area contributed by atoms with Gasteiger partial charge in [-0.3, -0.25) is 0 Å². The highest BCUT2D eigenvalue weighted by Gasteiger charge is 2.21. The molecule has 1 aromatic heterocycles. The molecule has 110 valence electrons. The van der Waals surface area contributed by atoms with Gasteiger partial charge in [-0.25, -0.2) is 4.68 Å². The lowest BCUT2D eigenvalue weighted by atomic mass is 10.1. The Bertz CT molecular complexity index is 831. The molecule has 0 saturated heterocycles. The van der Waals surface area contributed by atoms with Gasteiger partial charge in [0, 0.05) is 5.56 Å². The van der Waals surface area contributed by atoms with E-state index in [9.17, 15) is 13.5 Å². The van der Waals surface area contributed by atoms with Gasteiger partial charge in [0.05, 0.1) is 17.3 Å². The summed E-state index contributed by atoms with van der Waals surface area (Å²) in [4.78, 5) is 0. The average Bonchev–Trinajstić information content (AvgIpc) is 2.86. The van der Waals surface area contributed by atoms with Crippen LogP contribution in [0, 0.1) is 0 Å². The van der Waals surface area contributed by atoms with Gasteiger partial charge in [0.2, 0.25) is 0 Å². The van der Waals surface area contributed by atoms with Gasteiger partial charge in [0.25, 0.3) is 0 Å². The molecule has 2 heterocycles. The van der Waals surface area contributed by atoms with Crippen LogP contribution in [0.25, 0.3) is 11.8 Å². The highest BCUT2D eigenvalue weighted by Crippen LogP contribution is 2.29. The molecule has 1 aromatic carbocycles. The van der Waals surface area contributed by atoms with Gasteiger partial charge in [-0.15, -0.1) is 5.10 Å². The molecule has 8 heteroatoms. The second-order valence-corrected chi connectivity index (χ2v) is 6.63. The molecule has 1 aliphatic rings. The van der Waals surface area contributed by atoms with E-state index in [4.69, 9.17) is 4.18 Å². The molecule has 0 bridgehead atoms. The topological polar surface area (TPSA) is 94.3 Å². The fourth-order valence-electron chi connectivity index (χ4n) is 1.86. The third-order valence-electron chi connectivity index (χ3n) is 3.00. The molecule has 0 saturated carbocycles. The number of rotatable bonds is 2. The summed E-state index contributed by atoms with van der Waals surface area (Å²) in [6.45, 7) is 3.24. The SMILES string of the molecule is CC(C)(O)c1cn(-c2ccc3c(c2)C=CS(=O)(=O)O3)nn1. The summed E-state index contributed by atoms with van der Waals surface area (Å²) in [6, 6.07) is 4.94. The summed E-state index contributed by atoms with van der Waals surface area (Å²) in [5.74, 6) is 0.268. The van der Waals surface area contributed by atoms with Crippen molar-refractivity contribution in [1.82, 2.24) is 15.0 Å². The minimum atomic E-state index is -3.64. The molecule has 0 atom stereocenters. The molecule has 7 nitrogen and oxygen atoms in total. The smallest absolute Gasteiger partial charge is 0.332 e. The van der Waals surface area contributed by atoms with Gasteiger partial charge in [-0.05, 0) is 38.1 Å². The normalized spacial score (nSPS) is 16.3. The Kier molecular flexibility index (Phi) is 2.89. The lowest BCUT2D eigenvalue weighted by Gasteiger charge is -2.13. The Morgan fingerprint density at radius 1 is 1.33 bits per heavy atom. The van der Waals surface area contributed by atoms with E-state index in [1.54, 1.807) is 38.2 Å². The van der Waals surface area contributed by atoms with Gasteiger partial charge in [-0.1, -0.05) is 5.21 Å². The number of hydrogen-bond donors (Lipinski definition) is 1. The predicted molar refractivity (Wildman–Crippen MR) is 75.2 cm³/mol. The minimum Gasteiger partial charge on any atom is -0.384 e. The zero-order valence-electron chi connectivity index (χ0n) is 11.4. The first kappa shape index (κ1) is 13.8. The number of nitrogens with zero attached hydrogens (tertiary/aromatic N) is 3. The fraction of sp³-hybridized carbons (Fsp3) is 0.231. The Morgan fingerprint density at radius 2 is 2.10 bits per heavy atom. The summed E-state index contributed by atoms with van der Waals surface area (Å²) in [6.07, 6.45) is 3.08. The van der Waals surface area contributed by atoms with Gasteiger partial charge in [-0.2, -0.15) is 8.42 Å². The first-order valence-electron chi connectivity index (χ1n) is 6.17. The third kappa shape index (κ3) is 2.67. The van der Waals surface area contributed by atoms with E-state index < -0.39 is 15.7 Å². The third-order valence-corrected chi connectivity index (χ3v) is 3.88. The number of benzene rings is 1. The van der Waals surface area contributed by atoms with Crippen LogP contribution in [-0.4, -0.2) is 28.5 Å². The van der Waals surface area contributed by atoms with Crippen LogP contribution in [0.4, 0.5) is 0 Å². The molecule has 0 radical (unpaired) electrons. The number of aromatic nitrogens is 3. The van der Waals surface area contributed by atoms with Crippen molar-refractivity contribution in [1.29, 1.82) is 0 Å². The van der Waals surface area contributed by atoms with Crippen molar-refractivity contribution < 1.29 is 17.7 Å². The Morgan fingerprint density at radius 3 is 2.76 bits per heavy atom. The van der Waals surface area contributed by atoms with Crippen LogP contribution in [0.15, 0.2) is 29.8 Å². The summed E-state index contributed by atoms with van der Waals surface area (Å²) in [5, 5.41) is 18.8. The maximum Gasteiger partial charge on any atom is 0.332 e. The van der Waals surface area contributed by atoms with E-state index >= 15 is 0 Å². The van der Waals surface area contributed by atoms with Crippen LogP contribution in [0.3, 0.4) is 0 Å². The molecule has 2 aromatic rings. The average molecular weight is 307 g/mol. The van der Waals surface area contributed by atoms with Crippen LogP contribution in [0.5, 0.6) is 5.75 Å². The standard InChI is InChI=1S/C13H13N3O4S/c1-13(2,17)12-8-16(15-14-12)10-3-4-11-9(7-10)5-6-21(18,19)20-11/h3-8,17H,1-2H3. The maximum absolute atomic E-state index is 11.3. The van der Waals surface area contributed by atoms with E-state index in [1.165, 1.54) is 10.8 Å². The van der Waals surface area contributed by atoms with Crippen molar-refractivity contribution in [3.63, 3.8) is 0 Å². The number of aliphatic hydroxyl groups is 1. The minimum absolute atomic E-state index is 0.268. The molecule has 3 rings (SSSR count). The van der Waals surface area contributed by atoms with Crippen molar-refractivity contribution in [2.24, 2.45) is 0 Å². The second kappa shape index (κ2) is 4.40. The molecule has 0 aliphatic carbocycles. The monoisotopic (exact) mass is 307 g/mol. The van der Waals surface area contributed by atoms with Gasteiger partial charge >= 0.3 is 10.1 Å². The molecule has 1 N–H and O–H groups in total. The number of fused-ring (bicyclic) bond motifs is 1. The zero-order valence-corrected chi connectivity index (χ0v) is 12.2. The molecule has 0 amide bonds. The van der Waals surface area contributed by atoms with Crippen LogP contribution in [0.2, 0.25) is 0 Å². The van der Waals surface area contributed by atoms with Crippen molar-refractivity contribution in [2.75, 3.05) is 0 Å². The highest BCUT2D eigenvalue weighted by atomic mass is 32.2. The summed E-state index contributed by atoms with van der Waals surface area (Å²) < 4.78 is 29.0. The lowest BCUT2D eigenvalue weighted by molar-refractivity contribution is 0.0737. The van der Waals surface area contributed by atoms with E-state index in [0.717, 1.165) is 5.41 Å². The lowest BCUT2D eigenvalue weighted by Crippen LogP contribution is -2.15. The van der Waals surface area contributed by atoms with Gasteiger partial charge in [0.15, 0.2) is 0 Å². The van der Waals surface area contributed by atoms with Gasteiger partial charge < -0.3 is 9.29 Å². The zero-order chi connectivity index (χ0) is 15.3. The van der Waals surface area contributed by atoms with Crippen LogP contribution >= 0.6 is 0 Å². The highest BCUT2D eigenvalue weighted by molar-refractivity contribution is 7.90. The predicted octanol–water partition coefficient (Wildman–Crippen LogP) is 1.19. The number of hydrogen-bond acceptors (Lipinski definition) is 6. The molecule has 0 unspecified atom stereocenters.